The second-order valence-corrected chi connectivity index (χ2v) is 16.9. The molecule has 1 N–H and O–H groups in total. The maximum atomic E-state index is 12.9. The summed E-state index contributed by atoms with van der Waals surface area (Å²) in [4.78, 5) is 50.5. The predicted octanol–water partition coefficient (Wildman–Crippen LogP) is 9.22. The molecule has 10 nitrogen and oxygen atoms in total. The maximum Gasteiger partial charge on any atom is 0.430 e. The summed E-state index contributed by atoms with van der Waals surface area (Å²) in [6.07, 6.45) is 14.3. The van der Waals surface area contributed by atoms with Crippen molar-refractivity contribution in [1.29, 1.82) is 0 Å². The molecule has 1 aliphatic heterocycles. The molecule has 4 amide bonds. The third-order valence-electron chi connectivity index (χ3n) is 9.87. The molecule has 1 saturated heterocycles. The molecule has 0 unspecified atom stereocenters. The topological polar surface area (TPSA) is 108 Å². The normalized spacial score (nSPS) is 18.7. The lowest BCUT2D eigenvalue weighted by atomic mass is 9.91. The number of nitrogens with one attached hydrogen (secondary N) is 1. The van der Waals surface area contributed by atoms with Crippen LogP contribution in [0.15, 0.2) is 60.7 Å². The summed E-state index contributed by atoms with van der Waals surface area (Å²) in [5.74, 6) is -0.130. The highest BCUT2D eigenvalue weighted by atomic mass is 79.9. The summed E-state index contributed by atoms with van der Waals surface area (Å²) in [6.45, 7) is 7.57. The molecule has 2 aromatic carbocycles. The van der Waals surface area contributed by atoms with Gasteiger partial charge < -0.3 is 9.47 Å². The minimum Gasteiger partial charge on any atom is -0.443 e. The quantitative estimate of drug-likeness (QED) is 0.222. The van der Waals surface area contributed by atoms with Gasteiger partial charge in [-0.25, -0.2) is 30.0 Å². The molecule has 280 valence electrons. The summed E-state index contributed by atoms with van der Waals surface area (Å²) in [6, 6.07) is 19.2. The van der Waals surface area contributed by atoms with E-state index in [0.717, 1.165) is 62.5 Å². The Labute approximate surface area is 312 Å². The van der Waals surface area contributed by atoms with Gasteiger partial charge >= 0.3 is 12.2 Å². The lowest BCUT2D eigenvalue weighted by molar-refractivity contribution is -0.214. The second-order valence-electron chi connectivity index (χ2n) is 14.9. The van der Waals surface area contributed by atoms with Gasteiger partial charge in [-0.2, -0.15) is 0 Å². The molecule has 0 aromatic heterocycles. The minimum atomic E-state index is -0.823. The molecule has 0 bridgehead atoms. The Hall–Kier alpha value is -3.60. The highest BCUT2D eigenvalue weighted by Gasteiger charge is 2.58. The van der Waals surface area contributed by atoms with Crippen LogP contribution in [0.3, 0.4) is 0 Å². The number of hydrazine groups is 2. The van der Waals surface area contributed by atoms with E-state index in [1.807, 2.05) is 60.7 Å². The summed E-state index contributed by atoms with van der Waals surface area (Å²) in [7, 11) is 0. The van der Waals surface area contributed by atoms with Crippen LogP contribution < -0.4 is 5.43 Å². The van der Waals surface area contributed by atoms with Crippen molar-refractivity contribution in [2.75, 3.05) is 0 Å². The van der Waals surface area contributed by atoms with Crippen molar-refractivity contribution < 1.29 is 28.7 Å². The number of rotatable bonds is 7. The largest absolute Gasteiger partial charge is 0.443 e. The standard InChI is InChI=1S/C20H29BrN2O3.C20H28N2O3/c1-20(2,21)18(24)23(17-13-9-4-3-5-10-14-17)22-19(25)26-15-16-11-7-6-8-12-16;1-20(2)18(23)21(17-13-9-4-3-5-10-14-17)22(20)19(24)25-15-16-11-7-6-8-12-16/h6-8,11-12,17H,3-5,9-10,13-15H2,1-2H3,(H,22,25);6-8,11-12,17H,3-5,9-10,13-15H2,1-2H3. The van der Waals surface area contributed by atoms with Crippen LogP contribution in [0.25, 0.3) is 0 Å². The van der Waals surface area contributed by atoms with Crippen molar-refractivity contribution in [3.05, 3.63) is 71.8 Å². The van der Waals surface area contributed by atoms with E-state index in [1.54, 1.807) is 32.7 Å². The molecule has 2 aromatic rings. The second kappa shape index (κ2) is 19.3. The van der Waals surface area contributed by atoms with E-state index in [9.17, 15) is 19.2 Å². The smallest absolute Gasteiger partial charge is 0.430 e. The number of hydrogen-bond donors (Lipinski definition) is 1. The fourth-order valence-electron chi connectivity index (χ4n) is 6.93. The number of halogens is 1. The first-order chi connectivity index (χ1) is 24.4. The maximum absolute atomic E-state index is 12.9. The van der Waals surface area contributed by atoms with Crippen LogP contribution in [0.1, 0.15) is 129 Å². The number of carbonyl (C=O) groups excluding carboxylic acids is 4. The number of alkyl halides is 1. The third kappa shape index (κ3) is 11.7. The zero-order valence-corrected chi connectivity index (χ0v) is 32.5. The van der Waals surface area contributed by atoms with E-state index < -0.39 is 22.0 Å². The van der Waals surface area contributed by atoms with Gasteiger partial charge in [-0.05, 0) is 64.5 Å². The molecule has 51 heavy (non-hydrogen) atoms. The molecule has 2 aliphatic carbocycles. The average Bonchev–Trinajstić information content (AvgIpc) is 3.08. The third-order valence-corrected chi connectivity index (χ3v) is 10.2. The Morgan fingerprint density at radius 1 is 0.765 bits per heavy atom. The van der Waals surface area contributed by atoms with Crippen molar-refractivity contribution in [2.45, 2.75) is 153 Å². The van der Waals surface area contributed by atoms with Crippen molar-refractivity contribution in [3.8, 4) is 0 Å². The van der Waals surface area contributed by atoms with Crippen molar-refractivity contribution in [1.82, 2.24) is 20.5 Å². The molecule has 0 radical (unpaired) electrons. The lowest BCUT2D eigenvalue weighted by Crippen LogP contribution is -2.78. The van der Waals surface area contributed by atoms with Gasteiger partial charge in [0.25, 0.3) is 11.8 Å². The summed E-state index contributed by atoms with van der Waals surface area (Å²) in [5.41, 5.74) is 3.73. The molecular formula is C40H57BrN4O6. The van der Waals surface area contributed by atoms with E-state index in [4.69, 9.17) is 9.47 Å². The van der Waals surface area contributed by atoms with E-state index in [1.165, 1.54) is 48.5 Å². The van der Waals surface area contributed by atoms with Gasteiger partial charge in [-0.1, -0.05) is 141 Å². The Morgan fingerprint density at radius 3 is 1.71 bits per heavy atom. The van der Waals surface area contributed by atoms with E-state index >= 15 is 0 Å². The summed E-state index contributed by atoms with van der Waals surface area (Å²) < 4.78 is 10.0. The van der Waals surface area contributed by atoms with Crippen LogP contribution in [-0.2, 0) is 32.3 Å². The molecular weight excluding hydrogens is 712 g/mol. The van der Waals surface area contributed by atoms with E-state index in [-0.39, 0.29) is 37.1 Å². The molecule has 1 heterocycles. The molecule has 0 spiro atoms. The number of benzene rings is 2. The summed E-state index contributed by atoms with van der Waals surface area (Å²) in [5, 5.41) is 4.69. The first-order valence-electron chi connectivity index (χ1n) is 18.7. The SMILES string of the molecule is CC(C)(Br)C(=O)N(NC(=O)OCc1ccccc1)C1CCCCCCC1.CC1(C)C(=O)N(C2CCCCCCC2)N1C(=O)OCc1ccccc1. The van der Waals surface area contributed by atoms with Crippen LogP contribution in [0, 0.1) is 0 Å². The molecule has 11 heteroatoms. The van der Waals surface area contributed by atoms with Crippen LogP contribution in [-0.4, -0.2) is 61.0 Å². The first-order valence-corrected chi connectivity index (χ1v) is 19.5. The van der Waals surface area contributed by atoms with Crippen LogP contribution in [0.4, 0.5) is 9.59 Å². The number of nitrogens with zero attached hydrogens (tertiary/aromatic N) is 3. The Bertz CT molecular complexity index is 1400. The fourth-order valence-corrected chi connectivity index (χ4v) is 7.12. The average molecular weight is 770 g/mol. The predicted molar refractivity (Wildman–Crippen MR) is 201 cm³/mol. The molecule has 3 aliphatic rings. The van der Waals surface area contributed by atoms with Gasteiger partial charge in [0.15, 0.2) is 0 Å². The van der Waals surface area contributed by atoms with Gasteiger partial charge in [0.1, 0.15) is 23.1 Å². The number of ether oxygens (including phenoxy) is 2. The van der Waals surface area contributed by atoms with E-state index in [2.05, 4.69) is 21.4 Å². The monoisotopic (exact) mass is 768 g/mol. The van der Waals surface area contributed by atoms with Crippen LogP contribution >= 0.6 is 15.9 Å². The fraction of sp³-hybridized carbons (Fsp3) is 0.600. The molecule has 3 fully saturated rings. The molecule has 5 rings (SSSR count). The highest BCUT2D eigenvalue weighted by Crippen LogP contribution is 2.37. The Kier molecular flexibility index (Phi) is 15.2. The van der Waals surface area contributed by atoms with Crippen molar-refractivity contribution >= 4 is 39.9 Å². The minimum absolute atomic E-state index is 0.00361. The lowest BCUT2D eigenvalue weighted by Gasteiger charge is -2.57. The number of hydrogen-bond acceptors (Lipinski definition) is 6. The van der Waals surface area contributed by atoms with Crippen molar-refractivity contribution in [2.24, 2.45) is 0 Å². The zero-order chi connectivity index (χ0) is 36.9. The van der Waals surface area contributed by atoms with Gasteiger partial charge in [0.05, 0.1) is 12.1 Å². The number of amides is 4. The van der Waals surface area contributed by atoms with Gasteiger partial charge in [-0.3, -0.25) is 9.59 Å². The Morgan fingerprint density at radius 2 is 1.22 bits per heavy atom. The van der Waals surface area contributed by atoms with Crippen LogP contribution in [0.2, 0.25) is 0 Å². The van der Waals surface area contributed by atoms with Crippen LogP contribution in [0.5, 0.6) is 0 Å². The summed E-state index contributed by atoms with van der Waals surface area (Å²) >= 11 is 3.43. The molecule has 2 saturated carbocycles. The highest BCUT2D eigenvalue weighted by molar-refractivity contribution is 9.10. The first kappa shape index (κ1) is 40.2. The number of carbonyl (C=O) groups is 4. The zero-order valence-electron chi connectivity index (χ0n) is 30.9. The Balaban J connectivity index is 0.000000229. The molecule has 0 atom stereocenters. The van der Waals surface area contributed by atoms with Gasteiger partial charge in [0, 0.05) is 0 Å². The van der Waals surface area contributed by atoms with Crippen molar-refractivity contribution in [3.63, 3.8) is 0 Å². The van der Waals surface area contributed by atoms with E-state index in [0.29, 0.717) is 0 Å². The van der Waals surface area contributed by atoms with Gasteiger partial charge in [-0.15, -0.1) is 0 Å². The van der Waals surface area contributed by atoms with Gasteiger partial charge in [0.2, 0.25) is 0 Å².